The van der Waals surface area contributed by atoms with E-state index < -0.39 is 0 Å². The predicted molar refractivity (Wildman–Crippen MR) is 96.0 cm³/mol. The summed E-state index contributed by atoms with van der Waals surface area (Å²) in [6.45, 7) is 9.43. The van der Waals surface area contributed by atoms with Crippen LogP contribution in [-0.2, 0) is 6.54 Å². The quantitative estimate of drug-likeness (QED) is 0.846. The summed E-state index contributed by atoms with van der Waals surface area (Å²) in [5, 5.41) is 11.6. The number of hydrogen-bond acceptors (Lipinski definition) is 2. The van der Waals surface area contributed by atoms with E-state index in [1.54, 1.807) is 6.20 Å². The molecule has 0 aliphatic rings. The molecule has 2 N–H and O–H groups in total. The highest BCUT2D eigenvalue weighted by Crippen LogP contribution is 2.21. The van der Waals surface area contributed by atoms with Gasteiger partial charge in [0.2, 0.25) is 0 Å². The summed E-state index contributed by atoms with van der Waals surface area (Å²) in [4.78, 5) is 0. The van der Waals surface area contributed by atoms with E-state index >= 15 is 0 Å². The zero-order valence-corrected chi connectivity index (χ0v) is 14.4. The van der Waals surface area contributed by atoms with E-state index in [0.29, 0.717) is 5.11 Å². The Morgan fingerprint density at radius 3 is 2.59 bits per heavy atom. The van der Waals surface area contributed by atoms with Crippen LogP contribution in [0.15, 0.2) is 42.7 Å². The van der Waals surface area contributed by atoms with Gasteiger partial charge in [0.05, 0.1) is 12.6 Å². The fourth-order valence-electron chi connectivity index (χ4n) is 2.16. The van der Waals surface area contributed by atoms with Crippen molar-refractivity contribution in [3.8, 4) is 0 Å². The number of rotatable bonds is 4. The van der Waals surface area contributed by atoms with E-state index in [9.17, 15) is 0 Å². The number of nitrogens with one attached hydrogen (secondary N) is 2. The summed E-state index contributed by atoms with van der Waals surface area (Å²) < 4.78 is 1.93. The van der Waals surface area contributed by atoms with Gasteiger partial charge in [-0.3, -0.25) is 4.68 Å². The third-order valence-electron chi connectivity index (χ3n) is 3.67. The summed E-state index contributed by atoms with van der Waals surface area (Å²) in [6, 6.07) is 10.2. The van der Waals surface area contributed by atoms with E-state index in [4.69, 9.17) is 12.2 Å². The lowest BCUT2D eigenvalue weighted by molar-refractivity contribution is 0.262. The molecule has 1 aromatic heterocycles. The molecule has 0 amide bonds. The van der Waals surface area contributed by atoms with Crippen LogP contribution in [0.25, 0.3) is 0 Å². The predicted octanol–water partition coefficient (Wildman–Crippen LogP) is 3.59. The lowest BCUT2D eigenvalue weighted by Crippen LogP contribution is -2.48. The standard InChI is InChI=1S/C17H24N4S/c1-13-8-5-6-9-14(13)19-16(22)20-15(17(2,3)4)12-21-11-7-10-18-21/h5-11,15H,12H2,1-4H3,(H2,19,20,22). The summed E-state index contributed by atoms with van der Waals surface area (Å²) in [5.74, 6) is 0. The summed E-state index contributed by atoms with van der Waals surface area (Å²) in [5.41, 5.74) is 2.27. The van der Waals surface area contributed by atoms with Crippen LogP contribution in [0.1, 0.15) is 26.3 Å². The van der Waals surface area contributed by atoms with Crippen molar-refractivity contribution in [3.63, 3.8) is 0 Å². The molecule has 118 valence electrons. The van der Waals surface area contributed by atoms with Gasteiger partial charge in [-0.05, 0) is 42.3 Å². The summed E-state index contributed by atoms with van der Waals surface area (Å²) >= 11 is 5.48. The van der Waals surface area contributed by atoms with Gasteiger partial charge in [-0.2, -0.15) is 5.10 Å². The van der Waals surface area contributed by atoms with Crippen molar-refractivity contribution >= 4 is 23.0 Å². The van der Waals surface area contributed by atoms with E-state index in [2.05, 4.69) is 49.5 Å². The molecule has 1 heterocycles. The second kappa shape index (κ2) is 6.92. The second-order valence-corrected chi connectivity index (χ2v) is 6.97. The van der Waals surface area contributed by atoms with Gasteiger partial charge in [-0.1, -0.05) is 39.0 Å². The monoisotopic (exact) mass is 316 g/mol. The van der Waals surface area contributed by atoms with Crippen LogP contribution in [0.2, 0.25) is 0 Å². The van der Waals surface area contributed by atoms with E-state index in [-0.39, 0.29) is 11.5 Å². The van der Waals surface area contributed by atoms with Crippen molar-refractivity contribution in [3.05, 3.63) is 48.3 Å². The Kier molecular flexibility index (Phi) is 5.19. The fraction of sp³-hybridized carbons (Fsp3) is 0.412. The molecule has 0 radical (unpaired) electrons. The zero-order valence-electron chi connectivity index (χ0n) is 13.6. The Morgan fingerprint density at radius 1 is 1.27 bits per heavy atom. The summed E-state index contributed by atoms with van der Waals surface area (Å²) in [6.07, 6.45) is 3.77. The van der Waals surface area contributed by atoms with Crippen LogP contribution in [-0.4, -0.2) is 20.9 Å². The molecule has 0 spiro atoms. The van der Waals surface area contributed by atoms with Crippen molar-refractivity contribution in [1.82, 2.24) is 15.1 Å². The highest BCUT2D eigenvalue weighted by molar-refractivity contribution is 7.80. The minimum Gasteiger partial charge on any atom is -0.357 e. The van der Waals surface area contributed by atoms with Crippen LogP contribution in [0, 0.1) is 12.3 Å². The van der Waals surface area contributed by atoms with Gasteiger partial charge in [0.15, 0.2) is 5.11 Å². The average Bonchev–Trinajstić information content (AvgIpc) is 2.92. The first-order chi connectivity index (χ1) is 10.4. The number of anilines is 1. The maximum atomic E-state index is 5.48. The van der Waals surface area contributed by atoms with Crippen molar-refractivity contribution in [2.75, 3.05) is 5.32 Å². The van der Waals surface area contributed by atoms with Gasteiger partial charge in [0.1, 0.15) is 0 Å². The Bertz CT molecular complexity index is 614. The number of thiocarbonyl (C=S) groups is 1. The molecule has 0 aliphatic carbocycles. The molecule has 0 saturated carbocycles. The molecule has 1 atom stereocenters. The molecule has 0 saturated heterocycles. The Hall–Kier alpha value is -1.88. The fourth-order valence-corrected chi connectivity index (χ4v) is 2.41. The highest BCUT2D eigenvalue weighted by Gasteiger charge is 2.26. The van der Waals surface area contributed by atoms with Crippen molar-refractivity contribution < 1.29 is 0 Å². The van der Waals surface area contributed by atoms with Crippen LogP contribution in [0.4, 0.5) is 5.69 Å². The molecule has 1 unspecified atom stereocenters. The molecule has 1 aromatic carbocycles. The van der Waals surface area contributed by atoms with Crippen LogP contribution >= 0.6 is 12.2 Å². The van der Waals surface area contributed by atoms with Crippen LogP contribution < -0.4 is 10.6 Å². The molecule has 0 bridgehead atoms. The van der Waals surface area contributed by atoms with E-state index in [1.807, 2.05) is 35.1 Å². The van der Waals surface area contributed by atoms with Gasteiger partial charge in [-0.25, -0.2) is 0 Å². The zero-order chi connectivity index (χ0) is 16.2. The number of hydrogen-bond donors (Lipinski definition) is 2. The molecule has 0 fully saturated rings. The smallest absolute Gasteiger partial charge is 0.171 e. The molecule has 5 heteroatoms. The molecular formula is C17H24N4S. The second-order valence-electron chi connectivity index (χ2n) is 6.56. The number of aryl methyl sites for hydroxylation is 1. The van der Waals surface area contributed by atoms with Gasteiger partial charge in [-0.15, -0.1) is 0 Å². The van der Waals surface area contributed by atoms with Crippen molar-refractivity contribution in [2.24, 2.45) is 5.41 Å². The minimum absolute atomic E-state index is 0.0590. The SMILES string of the molecule is Cc1ccccc1NC(=S)NC(Cn1cccn1)C(C)(C)C. The van der Waals surface area contributed by atoms with Crippen LogP contribution in [0.5, 0.6) is 0 Å². The van der Waals surface area contributed by atoms with Gasteiger partial charge in [0.25, 0.3) is 0 Å². The number of nitrogens with zero attached hydrogens (tertiary/aromatic N) is 2. The Morgan fingerprint density at radius 2 is 2.00 bits per heavy atom. The largest absolute Gasteiger partial charge is 0.357 e. The normalized spacial score (nSPS) is 12.7. The minimum atomic E-state index is 0.0590. The van der Waals surface area contributed by atoms with Crippen LogP contribution in [0.3, 0.4) is 0 Å². The van der Waals surface area contributed by atoms with E-state index in [1.165, 1.54) is 5.56 Å². The first-order valence-electron chi connectivity index (χ1n) is 7.47. The topological polar surface area (TPSA) is 41.9 Å². The third-order valence-corrected chi connectivity index (χ3v) is 3.89. The lowest BCUT2D eigenvalue weighted by atomic mass is 9.87. The van der Waals surface area contributed by atoms with Gasteiger partial charge in [0, 0.05) is 18.1 Å². The first kappa shape index (κ1) is 16.5. The Labute approximate surface area is 137 Å². The van der Waals surface area contributed by atoms with E-state index in [0.717, 1.165) is 12.2 Å². The number of para-hydroxylation sites is 1. The maximum absolute atomic E-state index is 5.48. The van der Waals surface area contributed by atoms with Gasteiger partial charge < -0.3 is 10.6 Å². The average molecular weight is 316 g/mol. The number of benzene rings is 1. The summed E-state index contributed by atoms with van der Waals surface area (Å²) in [7, 11) is 0. The first-order valence-corrected chi connectivity index (χ1v) is 7.87. The maximum Gasteiger partial charge on any atom is 0.171 e. The Balaban J connectivity index is 2.04. The molecule has 2 rings (SSSR count). The van der Waals surface area contributed by atoms with Crippen molar-refractivity contribution in [2.45, 2.75) is 40.3 Å². The molecule has 0 aliphatic heterocycles. The number of aromatic nitrogens is 2. The lowest BCUT2D eigenvalue weighted by Gasteiger charge is -2.32. The highest BCUT2D eigenvalue weighted by atomic mass is 32.1. The molecule has 2 aromatic rings. The molecule has 4 nitrogen and oxygen atoms in total. The van der Waals surface area contributed by atoms with Crippen molar-refractivity contribution in [1.29, 1.82) is 0 Å². The van der Waals surface area contributed by atoms with Gasteiger partial charge >= 0.3 is 0 Å². The molecule has 22 heavy (non-hydrogen) atoms. The molecular weight excluding hydrogens is 292 g/mol. The third kappa shape index (κ3) is 4.56.